The van der Waals surface area contributed by atoms with Crippen molar-refractivity contribution in [3.05, 3.63) is 17.5 Å². The molecule has 0 unspecified atom stereocenters. The molecule has 0 aliphatic carbocycles. The second-order valence-corrected chi connectivity index (χ2v) is 4.77. The van der Waals surface area contributed by atoms with Crippen LogP contribution in [0.15, 0.2) is 16.3 Å². The third-order valence-electron chi connectivity index (χ3n) is 0.812. The maximum Gasteiger partial charge on any atom is 0.184 e. The Labute approximate surface area is 58.1 Å². The maximum absolute atomic E-state index is 10.7. The predicted octanol–water partition coefficient (Wildman–Crippen LogP) is 0.952. The Bertz CT molecular complexity index is 270. The van der Waals surface area contributed by atoms with Gasteiger partial charge >= 0.3 is 0 Å². The summed E-state index contributed by atoms with van der Waals surface area (Å²) in [5.74, 6) is 0. The van der Waals surface area contributed by atoms with E-state index < -0.39 is 9.84 Å². The average Bonchev–Trinajstić information content (AvgIpc) is 2.08. The molecule has 0 spiro atoms. The minimum atomic E-state index is -2.97. The largest absolute Gasteiger partial charge is 0.223 e. The van der Waals surface area contributed by atoms with Gasteiger partial charge in [0.1, 0.15) is 4.21 Å². The van der Waals surface area contributed by atoms with Gasteiger partial charge in [0, 0.05) is 11.6 Å². The van der Waals surface area contributed by atoms with Crippen molar-refractivity contribution >= 4 is 21.2 Å². The molecule has 9 heavy (non-hydrogen) atoms. The molecule has 0 N–H and O–H groups in total. The van der Waals surface area contributed by atoms with E-state index in [9.17, 15) is 8.42 Å². The molecule has 49 valence electrons. The van der Waals surface area contributed by atoms with Gasteiger partial charge < -0.3 is 0 Å². The number of sulfone groups is 1. The molecule has 1 aromatic heterocycles. The molecule has 1 aromatic rings. The van der Waals surface area contributed by atoms with Crippen molar-refractivity contribution in [2.45, 2.75) is 4.21 Å². The van der Waals surface area contributed by atoms with Crippen LogP contribution in [0.4, 0.5) is 0 Å². The molecule has 0 aliphatic rings. The van der Waals surface area contributed by atoms with Gasteiger partial charge in [0.2, 0.25) is 0 Å². The van der Waals surface area contributed by atoms with Gasteiger partial charge in [0.25, 0.3) is 0 Å². The second-order valence-electron chi connectivity index (χ2n) is 1.64. The lowest BCUT2D eigenvalue weighted by Gasteiger charge is -1.86. The van der Waals surface area contributed by atoms with Crippen LogP contribution in [0, 0.1) is 5.38 Å². The monoisotopic (exact) mass is 161 g/mol. The van der Waals surface area contributed by atoms with E-state index in [1.807, 2.05) is 0 Å². The highest BCUT2D eigenvalue weighted by atomic mass is 32.2. The van der Waals surface area contributed by atoms with E-state index in [-0.39, 0.29) is 0 Å². The summed E-state index contributed by atoms with van der Waals surface area (Å²) in [6.45, 7) is 0. The molecule has 0 aromatic carbocycles. The molecule has 0 atom stereocenters. The number of hydrogen-bond acceptors (Lipinski definition) is 3. The van der Waals surface area contributed by atoms with Crippen molar-refractivity contribution in [1.82, 2.24) is 0 Å². The summed E-state index contributed by atoms with van der Waals surface area (Å²) in [6, 6.07) is 3.14. The normalized spacial score (nSPS) is 11.7. The van der Waals surface area contributed by atoms with Gasteiger partial charge in [-0.2, -0.15) is 0 Å². The second kappa shape index (κ2) is 2.11. The Morgan fingerprint density at radius 3 is 2.56 bits per heavy atom. The van der Waals surface area contributed by atoms with Gasteiger partial charge in [-0.1, -0.05) is 0 Å². The van der Waals surface area contributed by atoms with Crippen molar-refractivity contribution in [2.24, 2.45) is 0 Å². The van der Waals surface area contributed by atoms with Crippen LogP contribution < -0.4 is 0 Å². The summed E-state index contributed by atoms with van der Waals surface area (Å²) in [5, 5.41) is 2.70. The first-order chi connectivity index (χ1) is 4.11. The standard InChI is InChI=1S/C5H5O2S2/c1-9(6,7)5-3-2-4-8-5/h2-3H,1H3. The molecule has 0 saturated carbocycles. The highest BCUT2D eigenvalue weighted by Gasteiger charge is 2.05. The lowest BCUT2D eigenvalue weighted by molar-refractivity contribution is 0.604. The number of thiophene rings is 1. The Morgan fingerprint density at radius 2 is 2.33 bits per heavy atom. The van der Waals surface area contributed by atoms with Crippen LogP contribution in [0.3, 0.4) is 0 Å². The summed E-state index contributed by atoms with van der Waals surface area (Å²) in [6.07, 6.45) is 1.19. The first kappa shape index (κ1) is 6.77. The van der Waals surface area contributed by atoms with Crippen LogP contribution in [0.5, 0.6) is 0 Å². The molecule has 1 radical (unpaired) electrons. The summed E-state index contributed by atoms with van der Waals surface area (Å²) >= 11 is 1.12. The van der Waals surface area contributed by atoms with Crippen LogP contribution >= 0.6 is 11.3 Å². The molecule has 1 rings (SSSR count). The molecule has 2 nitrogen and oxygen atoms in total. The van der Waals surface area contributed by atoms with Crippen molar-refractivity contribution in [1.29, 1.82) is 0 Å². The lowest BCUT2D eigenvalue weighted by Crippen LogP contribution is -1.91. The van der Waals surface area contributed by atoms with Gasteiger partial charge in [-0.05, 0) is 12.1 Å². The highest BCUT2D eigenvalue weighted by Crippen LogP contribution is 2.13. The zero-order chi connectivity index (χ0) is 6.91. The Kier molecular flexibility index (Phi) is 1.59. The third kappa shape index (κ3) is 1.53. The number of hydrogen-bond donors (Lipinski definition) is 0. The third-order valence-corrected chi connectivity index (χ3v) is 3.43. The summed E-state index contributed by atoms with van der Waals surface area (Å²) < 4.78 is 21.7. The lowest BCUT2D eigenvalue weighted by atomic mass is 10.7. The average molecular weight is 161 g/mol. The van der Waals surface area contributed by atoms with Gasteiger partial charge in [-0.3, -0.25) is 0 Å². The molecular formula is C5H5O2S2. The van der Waals surface area contributed by atoms with Gasteiger partial charge in [0.05, 0.1) is 0 Å². The first-order valence-corrected chi connectivity index (χ1v) is 4.97. The zero-order valence-electron chi connectivity index (χ0n) is 4.79. The summed E-state index contributed by atoms with van der Waals surface area (Å²) in [7, 11) is -2.97. The van der Waals surface area contributed by atoms with Gasteiger partial charge in [-0.25, -0.2) is 8.42 Å². The van der Waals surface area contributed by atoms with E-state index in [1.54, 1.807) is 12.1 Å². The quantitative estimate of drug-likeness (QED) is 0.614. The molecule has 4 heteroatoms. The first-order valence-electron chi connectivity index (χ1n) is 2.26. The van der Waals surface area contributed by atoms with Crippen LogP contribution in [0.1, 0.15) is 0 Å². The molecule has 0 amide bonds. The van der Waals surface area contributed by atoms with Crippen LogP contribution in [0.2, 0.25) is 0 Å². The molecule has 0 fully saturated rings. The fraction of sp³-hybridized carbons (Fsp3) is 0.200. The van der Waals surface area contributed by atoms with Crippen molar-refractivity contribution in [3.63, 3.8) is 0 Å². The van der Waals surface area contributed by atoms with E-state index in [0.29, 0.717) is 4.21 Å². The van der Waals surface area contributed by atoms with Gasteiger partial charge in [-0.15, -0.1) is 11.3 Å². The fourth-order valence-corrected chi connectivity index (χ4v) is 1.88. The fourth-order valence-electron chi connectivity index (χ4n) is 0.427. The SMILES string of the molecule is CS(=O)(=O)c1cc[c]s1. The number of rotatable bonds is 1. The smallest absolute Gasteiger partial charge is 0.184 e. The minimum Gasteiger partial charge on any atom is -0.223 e. The van der Waals surface area contributed by atoms with Crippen molar-refractivity contribution in [3.8, 4) is 0 Å². The maximum atomic E-state index is 10.7. The Morgan fingerprint density at radius 1 is 1.67 bits per heavy atom. The van der Waals surface area contributed by atoms with Crippen LogP contribution in [0.25, 0.3) is 0 Å². The highest BCUT2D eigenvalue weighted by molar-refractivity contribution is 7.92. The van der Waals surface area contributed by atoms with Gasteiger partial charge in [0.15, 0.2) is 9.84 Å². The molecule has 0 aliphatic heterocycles. The van der Waals surface area contributed by atoms with E-state index in [4.69, 9.17) is 0 Å². The molecule has 0 saturated heterocycles. The van der Waals surface area contributed by atoms with Crippen LogP contribution in [-0.2, 0) is 9.84 Å². The summed E-state index contributed by atoms with van der Waals surface area (Å²) in [5.41, 5.74) is 0. The Balaban J connectivity index is 3.20. The topological polar surface area (TPSA) is 34.1 Å². The van der Waals surface area contributed by atoms with E-state index in [2.05, 4.69) is 5.38 Å². The molecular weight excluding hydrogens is 156 g/mol. The van der Waals surface area contributed by atoms with E-state index in [1.165, 1.54) is 6.26 Å². The van der Waals surface area contributed by atoms with E-state index >= 15 is 0 Å². The molecule has 0 bridgehead atoms. The van der Waals surface area contributed by atoms with Crippen LogP contribution in [-0.4, -0.2) is 14.7 Å². The minimum absolute atomic E-state index is 0.377. The van der Waals surface area contributed by atoms with Crippen molar-refractivity contribution in [2.75, 3.05) is 6.26 Å². The predicted molar refractivity (Wildman–Crippen MR) is 36.3 cm³/mol. The summed E-state index contributed by atoms with van der Waals surface area (Å²) in [4.78, 5) is 0. The van der Waals surface area contributed by atoms with E-state index in [0.717, 1.165) is 11.3 Å². The van der Waals surface area contributed by atoms with Crippen molar-refractivity contribution < 1.29 is 8.42 Å². The molecule has 1 heterocycles. The Hall–Kier alpha value is -0.350. The zero-order valence-corrected chi connectivity index (χ0v) is 6.42.